The van der Waals surface area contributed by atoms with Gasteiger partial charge in [0, 0.05) is 23.1 Å². The summed E-state index contributed by atoms with van der Waals surface area (Å²) in [4.78, 5) is 35.7. The lowest BCUT2D eigenvalue weighted by Gasteiger charge is -2.14. The summed E-state index contributed by atoms with van der Waals surface area (Å²) in [6.45, 7) is 7.11. The average Bonchev–Trinajstić information content (AvgIpc) is 3.03. The number of aryl methyl sites for hydroxylation is 2. The third-order valence-electron chi connectivity index (χ3n) is 4.95. The molecule has 3 rings (SSSR count). The summed E-state index contributed by atoms with van der Waals surface area (Å²) in [6.07, 6.45) is -1.14. The molecule has 2 aromatic carbocycles. The van der Waals surface area contributed by atoms with E-state index >= 15 is 0 Å². The van der Waals surface area contributed by atoms with Crippen LogP contribution in [0.5, 0.6) is 0 Å². The number of carbonyl (C=O) groups is 2. The molecule has 160 valence electrons. The Morgan fingerprint density at radius 1 is 1.06 bits per heavy atom. The van der Waals surface area contributed by atoms with Gasteiger partial charge in [0.15, 0.2) is 6.10 Å². The average molecular weight is 421 g/mol. The van der Waals surface area contributed by atoms with Crippen LogP contribution in [0.4, 0.5) is 11.4 Å². The van der Waals surface area contributed by atoms with Crippen molar-refractivity contribution in [3.63, 3.8) is 0 Å². The van der Waals surface area contributed by atoms with Crippen molar-refractivity contribution >= 4 is 23.3 Å². The van der Waals surface area contributed by atoms with Gasteiger partial charge in [-0.05, 0) is 52.0 Å². The maximum Gasteiger partial charge on any atom is 0.340 e. The Morgan fingerprint density at radius 3 is 2.35 bits per heavy atom. The molecule has 1 atom stereocenters. The van der Waals surface area contributed by atoms with E-state index in [0.29, 0.717) is 11.3 Å². The quantitative estimate of drug-likeness (QED) is 0.359. The van der Waals surface area contributed by atoms with Crippen LogP contribution in [0.2, 0.25) is 0 Å². The predicted molar refractivity (Wildman–Crippen MR) is 117 cm³/mol. The molecule has 31 heavy (non-hydrogen) atoms. The molecule has 8 nitrogen and oxygen atoms in total. The van der Waals surface area contributed by atoms with Crippen molar-refractivity contribution in [2.75, 3.05) is 5.32 Å². The van der Waals surface area contributed by atoms with Gasteiger partial charge in [0.1, 0.15) is 5.69 Å². The number of para-hydroxylation sites is 2. The highest BCUT2D eigenvalue weighted by molar-refractivity contribution is 5.99. The predicted octanol–water partition coefficient (Wildman–Crippen LogP) is 4.49. The van der Waals surface area contributed by atoms with E-state index in [9.17, 15) is 19.7 Å². The zero-order chi connectivity index (χ0) is 22.7. The van der Waals surface area contributed by atoms with Crippen LogP contribution in [-0.4, -0.2) is 27.5 Å². The first-order valence-corrected chi connectivity index (χ1v) is 9.70. The number of aromatic nitrogens is 1. The molecule has 0 aliphatic rings. The van der Waals surface area contributed by atoms with E-state index in [0.717, 1.165) is 16.9 Å². The molecule has 0 unspecified atom stereocenters. The Labute approximate surface area is 179 Å². The SMILES string of the molecule is Cc1ccc(-n2c(C)cc(C(=O)O[C@H](C)C(=O)Nc3ccccc3[N+](=O)[O-])c2C)cc1. The molecule has 0 aliphatic heterocycles. The second-order valence-electron chi connectivity index (χ2n) is 7.27. The number of hydrogen-bond donors (Lipinski definition) is 1. The molecule has 0 saturated heterocycles. The summed E-state index contributed by atoms with van der Waals surface area (Å²) in [7, 11) is 0. The second kappa shape index (κ2) is 8.83. The van der Waals surface area contributed by atoms with E-state index in [4.69, 9.17) is 4.74 Å². The number of hydrogen-bond acceptors (Lipinski definition) is 5. The fraction of sp³-hybridized carbons (Fsp3) is 0.217. The van der Waals surface area contributed by atoms with Crippen LogP contribution < -0.4 is 5.32 Å². The van der Waals surface area contributed by atoms with Crippen molar-refractivity contribution in [1.29, 1.82) is 0 Å². The third-order valence-corrected chi connectivity index (χ3v) is 4.95. The maximum absolute atomic E-state index is 12.7. The number of nitrogens with zero attached hydrogens (tertiary/aromatic N) is 2. The van der Waals surface area contributed by atoms with Gasteiger partial charge in [-0.1, -0.05) is 29.8 Å². The first kappa shape index (κ1) is 21.8. The van der Waals surface area contributed by atoms with Gasteiger partial charge in [0.2, 0.25) is 0 Å². The molecule has 0 spiro atoms. The Kier molecular flexibility index (Phi) is 6.20. The van der Waals surface area contributed by atoms with Crippen LogP contribution in [0.25, 0.3) is 5.69 Å². The Hall–Kier alpha value is -3.94. The standard InChI is InChI=1S/C23H23N3O5/c1-14-9-11-18(12-10-14)25-15(2)13-19(16(25)3)23(28)31-17(4)22(27)24-20-7-5-6-8-21(20)26(29)30/h5-13,17H,1-4H3,(H,24,27)/t17-/m1/s1. The minimum atomic E-state index is -1.14. The highest BCUT2D eigenvalue weighted by Crippen LogP contribution is 2.24. The molecule has 0 aliphatic carbocycles. The van der Waals surface area contributed by atoms with Crippen molar-refractivity contribution in [2.24, 2.45) is 0 Å². The minimum absolute atomic E-state index is 0.0398. The van der Waals surface area contributed by atoms with E-state index in [-0.39, 0.29) is 11.4 Å². The number of carbonyl (C=O) groups excluding carboxylic acids is 2. The number of nitro groups is 1. The van der Waals surface area contributed by atoms with Crippen LogP contribution in [0.1, 0.15) is 34.2 Å². The van der Waals surface area contributed by atoms with Gasteiger partial charge >= 0.3 is 5.97 Å². The number of benzene rings is 2. The first-order valence-electron chi connectivity index (χ1n) is 9.70. The van der Waals surface area contributed by atoms with Crippen molar-refractivity contribution in [1.82, 2.24) is 4.57 Å². The van der Waals surface area contributed by atoms with Crippen molar-refractivity contribution in [3.8, 4) is 5.69 Å². The molecule has 1 heterocycles. The van der Waals surface area contributed by atoms with E-state index in [1.165, 1.54) is 25.1 Å². The normalized spacial score (nSPS) is 11.6. The fourth-order valence-corrected chi connectivity index (χ4v) is 3.31. The van der Waals surface area contributed by atoms with Crippen molar-refractivity contribution in [2.45, 2.75) is 33.8 Å². The van der Waals surface area contributed by atoms with Gasteiger partial charge in [-0.25, -0.2) is 4.79 Å². The number of amides is 1. The fourth-order valence-electron chi connectivity index (χ4n) is 3.31. The Bertz CT molecular complexity index is 1150. The van der Waals surface area contributed by atoms with Gasteiger partial charge in [-0.3, -0.25) is 14.9 Å². The lowest BCUT2D eigenvalue weighted by molar-refractivity contribution is -0.383. The minimum Gasteiger partial charge on any atom is -0.449 e. The Morgan fingerprint density at radius 2 is 1.71 bits per heavy atom. The molecular formula is C23H23N3O5. The third kappa shape index (κ3) is 4.63. The summed E-state index contributed by atoms with van der Waals surface area (Å²) in [5.41, 5.74) is 3.74. The molecule has 0 radical (unpaired) electrons. The number of esters is 1. The largest absolute Gasteiger partial charge is 0.449 e. The van der Waals surface area contributed by atoms with E-state index in [2.05, 4.69) is 5.32 Å². The van der Waals surface area contributed by atoms with Gasteiger partial charge in [-0.2, -0.15) is 0 Å². The highest BCUT2D eigenvalue weighted by atomic mass is 16.6. The summed E-state index contributed by atoms with van der Waals surface area (Å²) in [6, 6.07) is 15.4. The molecule has 3 aromatic rings. The molecule has 0 fully saturated rings. The summed E-state index contributed by atoms with van der Waals surface area (Å²) < 4.78 is 7.28. The van der Waals surface area contributed by atoms with Crippen LogP contribution in [0.15, 0.2) is 54.6 Å². The summed E-state index contributed by atoms with van der Waals surface area (Å²) in [5, 5.41) is 13.6. The van der Waals surface area contributed by atoms with E-state index < -0.39 is 22.9 Å². The summed E-state index contributed by atoms with van der Waals surface area (Å²) in [5.74, 6) is -1.30. The number of rotatable bonds is 6. The number of nitrogens with one attached hydrogen (secondary N) is 1. The first-order chi connectivity index (χ1) is 14.7. The summed E-state index contributed by atoms with van der Waals surface area (Å²) >= 11 is 0. The molecule has 1 N–H and O–H groups in total. The topological polar surface area (TPSA) is 103 Å². The molecule has 0 bridgehead atoms. The number of anilines is 1. The molecule has 0 saturated carbocycles. The van der Waals surface area contributed by atoms with Gasteiger partial charge < -0.3 is 14.6 Å². The molecule has 8 heteroatoms. The second-order valence-corrected chi connectivity index (χ2v) is 7.27. The number of nitro benzene ring substituents is 1. The molecule has 1 aromatic heterocycles. The molecule has 1 amide bonds. The van der Waals surface area contributed by atoms with Crippen LogP contribution >= 0.6 is 0 Å². The maximum atomic E-state index is 12.7. The van der Waals surface area contributed by atoms with E-state index in [1.54, 1.807) is 12.1 Å². The van der Waals surface area contributed by atoms with Crippen molar-refractivity contribution in [3.05, 3.63) is 87.2 Å². The van der Waals surface area contributed by atoms with Gasteiger partial charge in [0.05, 0.1) is 10.5 Å². The zero-order valence-electron chi connectivity index (χ0n) is 17.7. The monoisotopic (exact) mass is 421 g/mol. The lowest BCUT2D eigenvalue weighted by atomic mass is 10.2. The Balaban J connectivity index is 1.76. The van der Waals surface area contributed by atoms with Crippen molar-refractivity contribution < 1.29 is 19.2 Å². The lowest BCUT2D eigenvalue weighted by Crippen LogP contribution is -2.30. The van der Waals surface area contributed by atoms with Crippen LogP contribution in [0.3, 0.4) is 0 Å². The molecular weight excluding hydrogens is 398 g/mol. The number of ether oxygens (including phenoxy) is 1. The highest BCUT2D eigenvalue weighted by Gasteiger charge is 2.24. The van der Waals surface area contributed by atoms with Crippen LogP contribution in [0, 0.1) is 30.9 Å². The smallest absolute Gasteiger partial charge is 0.340 e. The zero-order valence-corrected chi connectivity index (χ0v) is 17.7. The van der Waals surface area contributed by atoms with Crippen LogP contribution in [-0.2, 0) is 9.53 Å². The van der Waals surface area contributed by atoms with Gasteiger partial charge in [-0.15, -0.1) is 0 Å². The van der Waals surface area contributed by atoms with E-state index in [1.807, 2.05) is 49.6 Å². The van der Waals surface area contributed by atoms with Gasteiger partial charge in [0.25, 0.3) is 11.6 Å².